The highest BCUT2D eigenvalue weighted by molar-refractivity contribution is 5.98. The lowest BCUT2D eigenvalue weighted by atomic mass is 9.92. The average molecular weight is 152 g/mol. The minimum absolute atomic E-state index is 0.225. The Kier molecular flexibility index (Phi) is 2.58. The van der Waals surface area contributed by atoms with Gasteiger partial charge in [-0.05, 0) is 25.8 Å². The molecule has 0 aromatic heterocycles. The molecule has 0 saturated carbocycles. The summed E-state index contributed by atoms with van der Waals surface area (Å²) in [5, 5.41) is 0. The number of allylic oxidation sites excluding steroid dienone is 2. The molecule has 2 heteroatoms. The van der Waals surface area contributed by atoms with Crippen molar-refractivity contribution in [3.63, 3.8) is 0 Å². The fourth-order valence-electron chi connectivity index (χ4n) is 1.15. The number of Topliss-reactive ketones (excluding diaryl/α,β-unsaturated/α-hetero) is 1. The minimum atomic E-state index is 0.225. The van der Waals surface area contributed by atoms with Crippen LogP contribution in [0.25, 0.3) is 0 Å². The highest BCUT2D eigenvalue weighted by Gasteiger charge is 2.13. The predicted molar refractivity (Wildman–Crippen MR) is 42.2 cm³/mol. The van der Waals surface area contributed by atoms with Crippen molar-refractivity contribution < 1.29 is 9.59 Å². The van der Waals surface area contributed by atoms with Crippen molar-refractivity contribution in [2.45, 2.75) is 32.6 Å². The molecule has 0 fully saturated rings. The molecule has 0 saturated heterocycles. The zero-order valence-corrected chi connectivity index (χ0v) is 6.72. The van der Waals surface area contributed by atoms with Crippen LogP contribution in [0.1, 0.15) is 32.6 Å². The standard InChI is InChI=1S/C9H12O2/c1-7(10)3-2-4-8-5-9(11)6-8/h5H,2-4,6H2,1H3. The van der Waals surface area contributed by atoms with Crippen LogP contribution in [0.5, 0.6) is 0 Å². The van der Waals surface area contributed by atoms with Crippen LogP contribution < -0.4 is 0 Å². The lowest BCUT2D eigenvalue weighted by Gasteiger charge is -2.11. The third-order valence-electron chi connectivity index (χ3n) is 1.79. The Morgan fingerprint density at radius 2 is 2.27 bits per heavy atom. The number of carbonyl (C=O) groups is 2. The van der Waals surface area contributed by atoms with Gasteiger partial charge in [-0.25, -0.2) is 0 Å². The summed E-state index contributed by atoms with van der Waals surface area (Å²) in [5.74, 6) is 0.457. The van der Waals surface area contributed by atoms with Crippen LogP contribution in [0, 0.1) is 0 Å². The van der Waals surface area contributed by atoms with Crippen LogP contribution in [0.15, 0.2) is 11.6 Å². The Morgan fingerprint density at radius 1 is 1.64 bits per heavy atom. The van der Waals surface area contributed by atoms with Gasteiger partial charge in [0.1, 0.15) is 5.78 Å². The Hall–Kier alpha value is -0.920. The van der Waals surface area contributed by atoms with Crippen LogP contribution in [-0.2, 0) is 9.59 Å². The second-order valence-corrected chi connectivity index (χ2v) is 3.00. The van der Waals surface area contributed by atoms with E-state index in [9.17, 15) is 9.59 Å². The van der Waals surface area contributed by atoms with E-state index in [0.29, 0.717) is 12.8 Å². The van der Waals surface area contributed by atoms with E-state index in [4.69, 9.17) is 0 Å². The second kappa shape index (κ2) is 3.46. The van der Waals surface area contributed by atoms with E-state index in [2.05, 4.69) is 0 Å². The molecule has 0 radical (unpaired) electrons. The fourth-order valence-corrected chi connectivity index (χ4v) is 1.15. The smallest absolute Gasteiger partial charge is 0.159 e. The maximum atomic E-state index is 10.5. The highest BCUT2D eigenvalue weighted by atomic mass is 16.1. The van der Waals surface area contributed by atoms with Crippen molar-refractivity contribution in [3.8, 4) is 0 Å². The van der Waals surface area contributed by atoms with Crippen molar-refractivity contribution in [2.24, 2.45) is 0 Å². The highest BCUT2D eigenvalue weighted by Crippen LogP contribution is 2.20. The van der Waals surface area contributed by atoms with Crippen molar-refractivity contribution >= 4 is 11.6 Å². The molecule has 1 rings (SSSR count). The molecule has 0 aliphatic heterocycles. The molecule has 1 aliphatic rings. The van der Waals surface area contributed by atoms with Gasteiger partial charge in [0, 0.05) is 12.8 Å². The maximum Gasteiger partial charge on any atom is 0.159 e. The van der Waals surface area contributed by atoms with E-state index in [1.165, 1.54) is 5.57 Å². The van der Waals surface area contributed by atoms with Gasteiger partial charge >= 0.3 is 0 Å². The van der Waals surface area contributed by atoms with Crippen LogP contribution >= 0.6 is 0 Å². The molecule has 1 aliphatic carbocycles. The van der Waals surface area contributed by atoms with Gasteiger partial charge in [0.05, 0.1) is 0 Å². The Morgan fingerprint density at radius 3 is 2.73 bits per heavy atom. The fraction of sp³-hybridized carbons (Fsp3) is 0.556. The number of hydrogen-bond donors (Lipinski definition) is 0. The molecular weight excluding hydrogens is 140 g/mol. The van der Waals surface area contributed by atoms with Gasteiger partial charge in [-0.2, -0.15) is 0 Å². The summed E-state index contributed by atoms with van der Waals surface area (Å²) in [6, 6.07) is 0. The normalized spacial score (nSPS) is 15.7. The first-order chi connectivity index (χ1) is 5.18. The summed E-state index contributed by atoms with van der Waals surface area (Å²) in [5.41, 5.74) is 1.20. The van der Waals surface area contributed by atoms with Gasteiger partial charge in [0.25, 0.3) is 0 Å². The van der Waals surface area contributed by atoms with Gasteiger partial charge in [0.2, 0.25) is 0 Å². The van der Waals surface area contributed by atoms with Gasteiger partial charge in [-0.15, -0.1) is 0 Å². The van der Waals surface area contributed by atoms with Gasteiger partial charge < -0.3 is 4.79 Å². The first-order valence-corrected chi connectivity index (χ1v) is 3.90. The lowest BCUT2D eigenvalue weighted by molar-refractivity contribution is -0.117. The maximum absolute atomic E-state index is 10.5. The monoisotopic (exact) mass is 152 g/mol. The Labute approximate surface area is 66.3 Å². The van der Waals surface area contributed by atoms with Crippen LogP contribution in [0.4, 0.5) is 0 Å². The summed E-state index contributed by atoms with van der Waals surface area (Å²) in [4.78, 5) is 21.0. The molecule has 2 nitrogen and oxygen atoms in total. The van der Waals surface area contributed by atoms with Crippen molar-refractivity contribution in [2.75, 3.05) is 0 Å². The minimum Gasteiger partial charge on any atom is -0.300 e. The van der Waals surface area contributed by atoms with Crippen molar-refractivity contribution in [1.82, 2.24) is 0 Å². The Balaban J connectivity index is 2.10. The van der Waals surface area contributed by atoms with E-state index >= 15 is 0 Å². The topological polar surface area (TPSA) is 34.1 Å². The number of ketones is 2. The molecule has 0 aromatic rings. The molecule has 11 heavy (non-hydrogen) atoms. The summed E-state index contributed by atoms with van der Waals surface area (Å²) in [7, 11) is 0. The molecule has 0 spiro atoms. The molecule has 0 N–H and O–H groups in total. The van der Waals surface area contributed by atoms with Crippen molar-refractivity contribution in [3.05, 3.63) is 11.6 Å². The Bertz CT molecular complexity index is 214. The summed E-state index contributed by atoms with van der Waals surface area (Å²) in [6.07, 6.45) is 4.77. The number of rotatable bonds is 4. The van der Waals surface area contributed by atoms with Crippen molar-refractivity contribution in [1.29, 1.82) is 0 Å². The van der Waals surface area contributed by atoms with Crippen LogP contribution in [0.2, 0.25) is 0 Å². The number of hydrogen-bond acceptors (Lipinski definition) is 2. The molecular formula is C9H12O2. The largest absolute Gasteiger partial charge is 0.300 e. The number of carbonyl (C=O) groups excluding carboxylic acids is 2. The quantitative estimate of drug-likeness (QED) is 0.613. The molecule has 0 amide bonds. The lowest BCUT2D eigenvalue weighted by Crippen LogP contribution is -2.08. The van der Waals surface area contributed by atoms with E-state index in [0.717, 1.165) is 12.8 Å². The van der Waals surface area contributed by atoms with E-state index < -0.39 is 0 Å². The van der Waals surface area contributed by atoms with E-state index in [1.807, 2.05) is 0 Å². The first-order valence-electron chi connectivity index (χ1n) is 3.90. The molecule has 0 unspecified atom stereocenters. The van der Waals surface area contributed by atoms with Gasteiger partial charge in [0.15, 0.2) is 5.78 Å². The molecule has 0 bridgehead atoms. The molecule has 0 aromatic carbocycles. The zero-order valence-electron chi connectivity index (χ0n) is 6.72. The first kappa shape index (κ1) is 8.18. The van der Waals surface area contributed by atoms with E-state index in [-0.39, 0.29) is 11.6 Å². The van der Waals surface area contributed by atoms with Gasteiger partial charge in [-0.1, -0.05) is 5.57 Å². The predicted octanol–water partition coefficient (Wildman–Crippen LogP) is 1.64. The third-order valence-corrected chi connectivity index (χ3v) is 1.79. The zero-order chi connectivity index (χ0) is 8.27. The van der Waals surface area contributed by atoms with Crippen LogP contribution in [0.3, 0.4) is 0 Å². The summed E-state index contributed by atoms with van der Waals surface area (Å²) in [6.45, 7) is 1.60. The SMILES string of the molecule is CC(=O)CCCC1=CC(=O)C1. The average Bonchev–Trinajstić information content (AvgIpc) is 1.83. The summed E-state index contributed by atoms with van der Waals surface area (Å²) >= 11 is 0. The van der Waals surface area contributed by atoms with Gasteiger partial charge in [-0.3, -0.25) is 4.79 Å². The molecule has 60 valence electrons. The van der Waals surface area contributed by atoms with E-state index in [1.54, 1.807) is 13.0 Å². The molecule has 0 atom stereocenters. The van der Waals surface area contributed by atoms with Crippen LogP contribution in [-0.4, -0.2) is 11.6 Å². The third kappa shape index (κ3) is 2.66. The summed E-state index contributed by atoms with van der Waals surface area (Å²) < 4.78 is 0. The second-order valence-electron chi connectivity index (χ2n) is 3.00. The molecule has 0 heterocycles.